The van der Waals surface area contributed by atoms with Crippen LogP contribution in [0.1, 0.15) is 25.8 Å². The van der Waals surface area contributed by atoms with Gasteiger partial charge in [0, 0.05) is 24.5 Å². The molecule has 1 unspecified atom stereocenters. The third-order valence-corrected chi connectivity index (χ3v) is 5.23. The molecule has 1 heterocycles. The lowest BCUT2D eigenvalue weighted by molar-refractivity contribution is -0.137. The second kappa shape index (κ2) is 9.11. The minimum absolute atomic E-state index is 0.0107. The molecule has 1 aliphatic rings. The number of halogens is 3. The molecule has 0 spiro atoms. The first kappa shape index (κ1) is 23.5. The van der Waals surface area contributed by atoms with E-state index < -0.39 is 28.8 Å². The molecule has 0 fully saturated rings. The molecule has 32 heavy (non-hydrogen) atoms. The average Bonchev–Trinajstić information content (AvgIpc) is 2.73. The quantitative estimate of drug-likeness (QED) is 0.698. The van der Waals surface area contributed by atoms with Crippen LogP contribution in [0.2, 0.25) is 0 Å². The molecule has 10 heteroatoms. The van der Waals surface area contributed by atoms with Crippen molar-refractivity contribution in [3.63, 3.8) is 0 Å². The van der Waals surface area contributed by atoms with E-state index in [1.165, 1.54) is 23.0 Å². The Bertz CT molecular complexity index is 1140. The molecule has 1 N–H and O–H groups in total. The minimum Gasteiger partial charge on any atom is -0.494 e. The van der Waals surface area contributed by atoms with Gasteiger partial charge in [0.15, 0.2) is 5.03 Å². The van der Waals surface area contributed by atoms with Crippen LogP contribution in [0.25, 0.3) is 5.70 Å². The van der Waals surface area contributed by atoms with Gasteiger partial charge in [0.2, 0.25) is 0 Å². The van der Waals surface area contributed by atoms with Crippen molar-refractivity contribution in [2.24, 2.45) is 5.92 Å². The van der Waals surface area contributed by atoms with Crippen molar-refractivity contribution in [3.8, 4) is 6.07 Å². The van der Waals surface area contributed by atoms with E-state index in [4.69, 9.17) is 4.74 Å². The Morgan fingerprint density at radius 1 is 1.34 bits per heavy atom. The first-order valence-electron chi connectivity index (χ1n) is 9.40. The van der Waals surface area contributed by atoms with Crippen LogP contribution in [0.5, 0.6) is 0 Å². The maximum absolute atomic E-state index is 12.9. The van der Waals surface area contributed by atoms with Crippen LogP contribution in [0.4, 0.5) is 13.2 Å². The molecule has 3 rings (SSSR count). The van der Waals surface area contributed by atoms with Crippen molar-refractivity contribution < 1.29 is 23.0 Å². The number of nitrogens with zero attached hydrogens (tertiary/aromatic N) is 3. The van der Waals surface area contributed by atoms with E-state index in [1.807, 2.05) is 6.07 Å². The highest BCUT2D eigenvalue weighted by atomic mass is 32.2. The molecule has 6 nitrogen and oxygen atoms in total. The molecule has 0 radical (unpaired) electrons. The van der Waals surface area contributed by atoms with Gasteiger partial charge in [0.25, 0.3) is 5.56 Å². The highest BCUT2D eigenvalue weighted by molar-refractivity contribution is 7.99. The zero-order valence-corrected chi connectivity index (χ0v) is 17.9. The summed E-state index contributed by atoms with van der Waals surface area (Å²) in [5.41, 5.74) is -1.97. The van der Waals surface area contributed by atoms with E-state index in [1.54, 1.807) is 26.0 Å². The minimum atomic E-state index is -4.52. The molecular weight excluding hydrogens is 443 g/mol. The summed E-state index contributed by atoms with van der Waals surface area (Å²) in [5, 5.41) is 19.4. The highest BCUT2D eigenvalue weighted by Crippen LogP contribution is 2.31. The fraction of sp³-hybridized carbons (Fsp3) is 0.318. The molecule has 0 saturated heterocycles. The second-order valence-electron chi connectivity index (χ2n) is 7.58. The molecular formula is C22H18F3N3O3S. The molecule has 1 aliphatic carbocycles. The highest BCUT2D eigenvalue weighted by Gasteiger charge is 2.30. The second-order valence-corrected chi connectivity index (χ2v) is 8.61. The lowest BCUT2D eigenvalue weighted by Gasteiger charge is -2.24. The van der Waals surface area contributed by atoms with Gasteiger partial charge in [-0.1, -0.05) is 23.9 Å². The van der Waals surface area contributed by atoms with Crippen LogP contribution in [0.15, 0.2) is 57.2 Å². The van der Waals surface area contributed by atoms with Gasteiger partial charge in [0.1, 0.15) is 23.8 Å². The fourth-order valence-electron chi connectivity index (χ4n) is 2.76. The largest absolute Gasteiger partial charge is 0.494 e. The Morgan fingerprint density at radius 2 is 2.09 bits per heavy atom. The topological polar surface area (TPSA) is 88.1 Å². The monoisotopic (exact) mass is 461 g/mol. The Labute approximate surface area is 186 Å². The van der Waals surface area contributed by atoms with Gasteiger partial charge < -0.3 is 9.84 Å². The fourth-order valence-corrected chi connectivity index (χ4v) is 3.50. The third-order valence-electron chi connectivity index (χ3n) is 4.30. The van der Waals surface area contributed by atoms with Crippen molar-refractivity contribution in [2.45, 2.75) is 42.0 Å². The molecule has 1 atom stereocenters. The summed E-state index contributed by atoms with van der Waals surface area (Å²) >= 11 is 0.871. The maximum atomic E-state index is 12.9. The van der Waals surface area contributed by atoms with Crippen LogP contribution in [0.3, 0.4) is 0 Å². The number of hydrogen-bond acceptors (Lipinski definition) is 6. The van der Waals surface area contributed by atoms with E-state index >= 15 is 0 Å². The molecule has 0 aliphatic heterocycles. The molecule has 2 aromatic rings. The zero-order valence-electron chi connectivity index (χ0n) is 17.1. The number of aromatic nitrogens is 2. The van der Waals surface area contributed by atoms with Gasteiger partial charge in [-0.25, -0.2) is 4.98 Å². The molecule has 0 saturated carbocycles. The number of rotatable bonds is 6. The standard InChI is InChI=1S/C22H18F3N3O3S/c1-21(2,30)13-31-18-8-5-16(11-14(18)12-26)28-10-9-27-19(20(28)29)32-17-6-3-15(4-7-17)22(23,24)25/h3,5-6,8-10,14,30H,11,13H2,1-2H3. The lowest BCUT2D eigenvalue weighted by Crippen LogP contribution is -2.28. The van der Waals surface area contributed by atoms with Crippen LogP contribution >= 0.6 is 11.8 Å². The average molecular weight is 461 g/mol. The number of allylic oxidation sites excluding steroid dienone is 4. The van der Waals surface area contributed by atoms with E-state index in [0.29, 0.717) is 11.5 Å². The first-order chi connectivity index (χ1) is 15.0. The van der Waals surface area contributed by atoms with Crippen LogP contribution < -0.4 is 5.56 Å². The van der Waals surface area contributed by atoms with Crippen LogP contribution in [-0.4, -0.2) is 26.9 Å². The Morgan fingerprint density at radius 3 is 2.69 bits per heavy atom. The summed E-state index contributed by atoms with van der Waals surface area (Å²) in [6.45, 7) is 3.18. The number of alkyl halides is 3. The third kappa shape index (κ3) is 5.72. The number of aliphatic hydroxyl groups is 1. The normalized spacial score (nSPS) is 16.5. The van der Waals surface area contributed by atoms with Crippen molar-refractivity contribution in [1.82, 2.24) is 9.55 Å². The van der Waals surface area contributed by atoms with Crippen molar-refractivity contribution >= 4 is 17.5 Å². The summed E-state index contributed by atoms with van der Waals surface area (Å²) in [4.78, 5) is 17.2. The molecule has 0 amide bonds. The summed E-state index contributed by atoms with van der Waals surface area (Å²) in [6, 6.07) is 8.62. The smallest absolute Gasteiger partial charge is 0.424 e. The maximum Gasteiger partial charge on any atom is 0.424 e. The first-order valence-corrected chi connectivity index (χ1v) is 10.2. The van der Waals surface area contributed by atoms with Gasteiger partial charge in [-0.15, -0.1) is 0 Å². The van der Waals surface area contributed by atoms with Crippen molar-refractivity contribution in [3.05, 3.63) is 70.5 Å². The summed E-state index contributed by atoms with van der Waals surface area (Å²) in [6.07, 6.45) is 1.74. The summed E-state index contributed by atoms with van der Waals surface area (Å²) in [7, 11) is 0. The van der Waals surface area contributed by atoms with Crippen LogP contribution in [-0.2, 0) is 10.9 Å². The van der Waals surface area contributed by atoms with E-state index in [-0.39, 0.29) is 22.9 Å². The van der Waals surface area contributed by atoms with Gasteiger partial charge in [-0.05, 0) is 38.1 Å². The van der Waals surface area contributed by atoms with E-state index in [9.17, 15) is 28.3 Å². The molecule has 1 aromatic heterocycles. The van der Waals surface area contributed by atoms with Gasteiger partial charge in [0.05, 0.1) is 16.6 Å². The van der Waals surface area contributed by atoms with Crippen LogP contribution in [0, 0.1) is 29.4 Å². The number of hydrogen-bond donors (Lipinski definition) is 1. The predicted octanol–water partition coefficient (Wildman–Crippen LogP) is 4.07. The SMILES string of the molecule is CC(C)(O)COC1=CC=C(n2ccnc(Sc3c#cc(C(F)(F)F)cc3)c2=O)CC1C#N. The zero-order chi connectivity index (χ0) is 23.5. The van der Waals surface area contributed by atoms with Gasteiger partial charge in [-0.2, -0.15) is 18.4 Å². The predicted molar refractivity (Wildman–Crippen MR) is 110 cm³/mol. The Balaban J connectivity index is 1.84. The van der Waals surface area contributed by atoms with E-state index in [2.05, 4.69) is 17.1 Å². The van der Waals surface area contributed by atoms with Gasteiger partial charge >= 0.3 is 6.18 Å². The van der Waals surface area contributed by atoms with E-state index in [0.717, 1.165) is 17.8 Å². The lowest BCUT2D eigenvalue weighted by atomic mass is 9.97. The molecule has 0 bridgehead atoms. The Kier molecular flexibility index (Phi) is 6.68. The van der Waals surface area contributed by atoms with Crippen molar-refractivity contribution in [2.75, 3.05) is 6.61 Å². The summed E-state index contributed by atoms with van der Waals surface area (Å²) < 4.78 is 44.9. The number of nitriles is 1. The molecule has 1 aromatic carbocycles. The Hall–Kier alpha value is -3.21. The number of ether oxygens (including phenoxy) is 1. The molecule has 166 valence electrons. The van der Waals surface area contributed by atoms with Crippen molar-refractivity contribution in [1.29, 1.82) is 5.26 Å². The summed E-state index contributed by atoms with van der Waals surface area (Å²) in [5.74, 6) is -0.253. The van der Waals surface area contributed by atoms with Gasteiger partial charge in [-0.3, -0.25) is 9.36 Å².